The van der Waals surface area contributed by atoms with E-state index in [1.54, 1.807) is 13.0 Å². The summed E-state index contributed by atoms with van der Waals surface area (Å²) in [6.07, 6.45) is 0. The minimum atomic E-state index is -3.77. The summed E-state index contributed by atoms with van der Waals surface area (Å²) in [4.78, 5) is 10.2. The van der Waals surface area contributed by atoms with Gasteiger partial charge in [-0.05, 0) is 6.92 Å². The van der Waals surface area contributed by atoms with Crippen molar-refractivity contribution in [1.82, 2.24) is 10.2 Å². The van der Waals surface area contributed by atoms with Crippen LogP contribution in [0.3, 0.4) is 0 Å². The van der Waals surface area contributed by atoms with E-state index in [1.165, 1.54) is 24.3 Å². The number of hydrogen-bond donors (Lipinski definition) is 2. The highest BCUT2D eigenvalue weighted by atomic mass is 32.2. The average molecular weight is 296 g/mol. The number of H-pyrrole nitrogens is 1. The first-order valence-corrected chi connectivity index (χ1v) is 7.27. The smallest absolute Gasteiger partial charge is 0.273 e. The van der Waals surface area contributed by atoms with E-state index in [9.17, 15) is 18.5 Å². The Hall–Kier alpha value is -2.42. The first-order chi connectivity index (χ1) is 9.37. The van der Waals surface area contributed by atoms with Gasteiger partial charge in [0.05, 0.1) is 4.92 Å². The summed E-state index contributed by atoms with van der Waals surface area (Å²) in [5.74, 6) is -0.336. The first kappa shape index (κ1) is 14.0. The number of nitro groups is 1. The summed E-state index contributed by atoms with van der Waals surface area (Å²) in [5, 5.41) is 17.2. The van der Waals surface area contributed by atoms with E-state index in [-0.39, 0.29) is 17.1 Å². The molecule has 106 valence electrons. The lowest BCUT2D eigenvalue weighted by molar-refractivity contribution is -0.385. The van der Waals surface area contributed by atoms with Crippen molar-refractivity contribution < 1.29 is 13.3 Å². The van der Waals surface area contributed by atoms with Gasteiger partial charge in [-0.2, -0.15) is 5.10 Å². The van der Waals surface area contributed by atoms with Crippen molar-refractivity contribution in [3.63, 3.8) is 0 Å². The van der Waals surface area contributed by atoms with Gasteiger partial charge in [0, 0.05) is 23.4 Å². The molecule has 1 heterocycles. The van der Waals surface area contributed by atoms with Crippen molar-refractivity contribution in [1.29, 1.82) is 0 Å². The van der Waals surface area contributed by atoms with Crippen LogP contribution in [-0.2, 0) is 15.8 Å². The van der Waals surface area contributed by atoms with Crippen LogP contribution in [0, 0.1) is 17.0 Å². The van der Waals surface area contributed by atoms with Gasteiger partial charge in [-0.15, -0.1) is 0 Å². The zero-order chi connectivity index (χ0) is 14.8. The number of benzene rings is 1. The molecule has 20 heavy (non-hydrogen) atoms. The van der Waals surface area contributed by atoms with Crippen molar-refractivity contribution in [2.75, 3.05) is 4.72 Å². The summed E-state index contributed by atoms with van der Waals surface area (Å²) in [6, 6.07) is 7.24. The number of para-hydroxylation sites is 1. The Kier molecular flexibility index (Phi) is 3.70. The topological polar surface area (TPSA) is 118 Å². The first-order valence-electron chi connectivity index (χ1n) is 5.62. The number of anilines is 1. The highest BCUT2D eigenvalue weighted by Crippen LogP contribution is 2.21. The molecule has 1 aromatic heterocycles. The highest BCUT2D eigenvalue weighted by molar-refractivity contribution is 7.91. The van der Waals surface area contributed by atoms with Crippen molar-refractivity contribution in [2.45, 2.75) is 12.7 Å². The number of rotatable bonds is 5. The van der Waals surface area contributed by atoms with Gasteiger partial charge in [0.15, 0.2) is 5.82 Å². The molecule has 9 heteroatoms. The fourth-order valence-corrected chi connectivity index (χ4v) is 2.83. The molecule has 2 N–H and O–H groups in total. The molecule has 2 aromatic rings. The predicted octanol–water partition coefficient (Wildman–Crippen LogP) is 1.57. The third-order valence-corrected chi connectivity index (χ3v) is 3.71. The van der Waals surface area contributed by atoms with Crippen LogP contribution >= 0.6 is 0 Å². The van der Waals surface area contributed by atoms with E-state index in [4.69, 9.17) is 0 Å². The average Bonchev–Trinajstić information content (AvgIpc) is 2.73. The zero-order valence-electron chi connectivity index (χ0n) is 10.5. The molecule has 0 radical (unpaired) electrons. The maximum atomic E-state index is 12.0. The van der Waals surface area contributed by atoms with E-state index in [0.717, 1.165) is 0 Å². The van der Waals surface area contributed by atoms with E-state index in [0.29, 0.717) is 5.69 Å². The van der Waals surface area contributed by atoms with E-state index in [1.807, 2.05) is 0 Å². The highest BCUT2D eigenvalue weighted by Gasteiger charge is 2.20. The normalized spacial score (nSPS) is 11.2. The number of aromatic nitrogens is 2. The molecular weight excluding hydrogens is 284 g/mol. The van der Waals surface area contributed by atoms with Gasteiger partial charge in [-0.25, -0.2) is 8.42 Å². The molecule has 0 aliphatic rings. The standard InChI is InChI=1S/C11H12N4O4S/c1-8-6-11(13-12-8)14-20(18,19)7-9-4-2-3-5-10(9)15(16)17/h2-6H,7H2,1H3,(H2,12,13,14). The second kappa shape index (κ2) is 5.29. The molecule has 8 nitrogen and oxygen atoms in total. The third kappa shape index (κ3) is 3.32. The van der Waals surface area contributed by atoms with Gasteiger partial charge in [-0.3, -0.25) is 19.9 Å². The number of nitrogens with zero attached hydrogens (tertiary/aromatic N) is 2. The minimum Gasteiger partial charge on any atom is -0.281 e. The SMILES string of the molecule is Cc1cc(NS(=O)(=O)Cc2ccccc2[N+](=O)[O-])n[nH]1. The molecule has 2 rings (SSSR count). The van der Waals surface area contributed by atoms with Crippen LogP contribution in [0.1, 0.15) is 11.3 Å². The lowest BCUT2D eigenvalue weighted by Gasteiger charge is -2.05. The van der Waals surface area contributed by atoms with Crippen LogP contribution in [0.25, 0.3) is 0 Å². The van der Waals surface area contributed by atoms with Crippen molar-refractivity contribution in [2.24, 2.45) is 0 Å². The van der Waals surface area contributed by atoms with Crippen LogP contribution in [0.4, 0.5) is 11.5 Å². The Morgan fingerprint density at radius 1 is 1.40 bits per heavy atom. The van der Waals surface area contributed by atoms with Crippen LogP contribution in [-0.4, -0.2) is 23.5 Å². The fraction of sp³-hybridized carbons (Fsp3) is 0.182. The van der Waals surface area contributed by atoms with Gasteiger partial charge < -0.3 is 0 Å². The van der Waals surface area contributed by atoms with Crippen LogP contribution < -0.4 is 4.72 Å². The maximum absolute atomic E-state index is 12.0. The summed E-state index contributed by atoms with van der Waals surface area (Å²) in [7, 11) is -3.77. The van der Waals surface area contributed by atoms with Crippen molar-refractivity contribution in [3.05, 3.63) is 51.7 Å². The fourth-order valence-electron chi connectivity index (χ4n) is 1.68. The number of nitrogens with one attached hydrogen (secondary N) is 2. The van der Waals surface area contributed by atoms with Gasteiger partial charge in [0.25, 0.3) is 5.69 Å². The quantitative estimate of drug-likeness (QED) is 0.641. The van der Waals surface area contributed by atoms with Crippen LogP contribution in [0.2, 0.25) is 0 Å². The minimum absolute atomic E-state index is 0.122. The molecule has 0 saturated carbocycles. The van der Waals surface area contributed by atoms with Gasteiger partial charge in [-0.1, -0.05) is 18.2 Å². The molecule has 0 fully saturated rings. The molecule has 0 amide bonds. The monoisotopic (exact) mass is 296 g/mol. The van der Waals surface area contributed by atoms with Crippen LogP contribution in [0.15, 0.2) is 30.3 Å². The lowest BCUT2D eigenvalue weighted by atomic mass is 10.2. The molecule has 0 saturated heterocycles. The van der Waals surface area contributed by atoms with Crippen molar-refractivity contribution >= 4 is 21.5 Å². The summed E-state index contributed by atoms with van der Waals surface area (Å²) in [5.41, 5.74) is 0.599. The Bertz CT molecular complexity index is 738. The Morgan fingerprint density at radius 2 is 2.10 bits per heavy atom. The molecule has 0 atom stereocenters. The maximum Gasteiger partial charge on any atom is 0.273 e. The number of hydrogen-bond acceptors (Lipinski definition) is 5. The molecule has 0 aliphatic heterocycles. The van der Waals surface area contributed by atoms with Crippen LogP contribution in [0.5, 0.6) is 0 Å². The molecule has 0 aliphatic carbocycles. The second-order valence-corrected chi connectivity index (χ2v) is 5.91. The Balaban J connectivity index is 2.22. The largest absolute Gasteiger partial charge is 0.281 e. The molecular formula is C11H12N4O4S. The Labute approximate surface area is 115 Å². The summed E-state index contributed by atoms with van der Waals surface area (Å²) < 4.78 is 26.2. The second-order valence-electron chi connectivity index (χ2n) is 4.18. The summed E-state index contributed by atoms with van der Waals surface area (Å²) in [6.45, 7) is 1.73. The lowest BCUT2D eigenvalue weighted by Crippen LogP contribution is -2.16. The Morgan fingerprint density at radius 3 is 2.70 bits per heavy atom. The van der Waals surface area contributed by atoms with Crippen molar-refractivity contribution in [3.8, 4) is 0 Å². The molecule has 1 aromatic carbocycles. The zero-order valence-corrected chi connectivity index (χ0v) is 11.3. The number of aromatic amines is 1. The van der Waals surface area contributed by atoms with Gasteiger partial charge in [0.1, 0.15) is 5.75 Å². The summed E-state index contributed by atoms with van der Waals surface area (Å²) >= 11 is 0. The molecule has 0 unspecified atom stereocenters. The number of nitro benzene ring substituents is 1. The van der Waals surface area contributed by atoms with E-state index < -0.39 is 20.7 Å². The van der Waals surface area contributed by atoms with Gasteiger partial charge in [0.2, 0.25) is 10.0 Å². The van der Waals surface area contributed by atoms with E-state index in [2.05, 4.69) is 14.9 Å². The van der Waals surface area contributed by atoms with Gasteiger partial charge >= 0.3 is 0 Å². The predicted molar refractivity (Wildman–Crippen MR) is 72.7 cm³/mol. The van der Waals surface area contributed by atoms with E-state index >= 15 is 0 Å². The molecule has 0 spiro atoms. The number of aryl methyl sites for hydroxylation is 1. The molecule has 0 bridgehead atoms. The number of sulfonamides is 1. The third-order valence-electron chi connectivity index (χ3n) is 2.50.